The normalized spacial score (nSPS) is 10.6. The number of primary amides is 1. The summed E-state index contributed by atoms with van der Waals surface area (Å²) >= 11 is 1.18. The van der Waals surface area contributed by atoms with Gasteiger partial charge in [-0.25, -0.2) is 14.8 Å². The van der Waals surface area contributed by atoms with Crippen LogP contribution in [0.4, 0.5) is 10.5 Å². The van der Waals surface area contributed by atoms with Crippen molar-refractivity contribution >= 4 is 33.3 Å². The van der Waals surface area contributed by atoms with Crippen LogP contribution in [0.2, 0.25) is 0 Å². The number of carbonyl (C=O) groups is 1. The molecule has 6 nitrogen and oxygen atoms in total. The number of rotatable bonds is 1. The van der Waals surface area contributed by atoms with Gasteiger partial charge in [-0.3, -0.25) is 0 Å². The molecule has 4 N–H and O–H groups in total. The van der Waals surface area contributed by atoms with Gasteiger partial charge in [-0.1, -0.05) is 11.3 Å². The zero-order valence-corrected chi connectivity index (χ0v) is 9.59. The molecule has 0 aliphatic carbocycles. The molecule has 0 fully saturated rings. The van der Waals surface area contributed by atoms with Crippen molar-refractivity contribution < 1.29 is 9.53 Å². The van der Waals surface area contributed by atoms with Crippen molar-refractivity contribution in [2.45, 2.75) is 13.8 Å². The van der Waals surface area contributed by atoms with Gasteiger partial charge in [0.2, 0.25) is 5.06 Å². The monoisotopic (exact) mass is 238 g/mol. The van der Waals surface area contributed by atoms with E-state index in [2.05, 4.69) is 9.97 Å². The summed E-state index contributed by atoms with van der Waals surface area (Å²) in [5.41, 5.74) is 11.9. The number of fused-ring (bicyclic) bond motifs is 1. The number of aromatic nitrogens is 2. The smallest absolute Gasteiger partial charge is 0.397 e. The third-order valence-corrected chi connectivity index (χ3v) is 3.02. The lowest BCUT2D eigenvalue weighted by atomic mass is 10.2. The number of hydrogen-bond donors (Lipinski definition) is 2. The van der Waals surface area contributed by atoms with E-state index in [1.165, 1.54) is 11.3 Å². The molecule has 2 aromatic heterocycles. The topological polar surface area (TPSA) is 104 Å². The van der Waals surface area contributed by atoms with Gasteiger partial charge >= 0.3 is 6.09 Å². The molecule has 2 heterocycles. The number of nitrogens with zero attached hydrogens (tertiary/aromatic N) is 2. The zero-order valence-electron chi connectivity index (χ0n) is 8.77. The lowest BCUT2D eigenvalue weighted by Gasteiger charge is -1.99. The highest BCUT2D eigenvalue weighted by Crippen LogP contribution is 2.40. The number of hydrogen-bond acceptors (Lipinski definition) is 6. The molecule has 1 amide bonds. The van der Waals surface area contributed by atoms with Gasteiger partial charge in [0.25, 0.3) is 0 Å². The maximum Gasteiger partial charge on any atom is 0.410 e. The van der Waals surface area contributed by atoms with Crippen molar-refractivity contribution in [3.05, 3.63) is 11.5 Å². The summed E-state index contributed by atoms with van der Waals surface area (Å²) in [6.07, 6.45) is -0.888. The number of ether oxygens (including phenoxy) is 1. The highest BCUT2D eigenvalue weighted by atomic mass is 32.1. The van der Waals surface area contributed by atoms with E-state index in [-0.39, 0.29) is 5.06 Å². The molecule has 0 bridgehead atoms. The van der Waals surface area contributed by atoms with E-state index in [1.807, 2.05) is 6.92 Å². The summed E-state index contributed by atoms with van der Waals surface area (Å²) in [7, 11) is 0. The molecule has 16 heavy (non-hydrogen) atoms. The van der Waals surface area contributed by atoms with E-state index < -0.39 is 6.09 Å². The van der Waals surface area contributed by atoms with Crippen molar-refractivity contribution in [1.82, 2.24) is 9.97 Å². The van der Waals surface area contributed by atoms with Crippen molar-refractivity contribution in [1.29, 1.82) is 0 Å². The van der Waals surface area contributed by atoms with Crippen molar-refractivity contribution in [3.63, 3.8) is 0 Å². The van der Waals surface area contributed by atoms with Crippen molar-refractivity contribution in [2.24, 2.45) is 5.73 Å². The lowest BCUT2D eigenvalue weighted by Crippen LogP contribution is -2.16. The van der Waals surface area contributed by atoms with Crippen molar-refractivity contribution in [2.75, 3.05) is 5.73 Å². The highest BCUT2D eigenvalue weighted by molar-refractivity contribution is 7.21. The Bertz CT molecular complexity index is 578. The highest BCUT2D eigenvalue weighted by Gasteiger charge is 2.16. The number of amides is 1. The van der Waals surface area contributed by atoms with Crippen LogP contribution in [-0.4, -0.2) is 16.1 Å². The molecular formula is C9H10N4O2S. The fourth-order valence-corrected chi connectivity index (χ4v) is 2.53. The summed E-state index contributed by atoms with van der Waals surface area (Å²) in [6, 6.07) is 0. The largest absolute Gasteiger partial charge is 0.410 e. The summed E-state index contributed by atoms with van der Waals surface area (Å²) in [5.74, 6) is 0.650. The van der Waals surface area contributed by atoms with Gasteiger partial charge in [0, 0.05) is 0 Å². The Hall–Kier alpha value is -1.89. The number of carbonyl (C=O) groups excluding carboxylic acids is 1. The molecule has 7 heteroatoms. The van der Waals surface area contributed by atoms with Crippen LogP contribution >= 0.6 is 11.3 Å². The second kappa shape index (κ2) is 3.60. The van der Waals surface area contributed by atoms with E-state index in [1.54, 1.807) is 6.92 Å². The van der Waals surface area contributed by atoms with E-state index >= 15 is 0 Å². The molecule has 0 saturated carbocycles. The van der Waals surface area contributed by atoms with Crippen LogP contribution in [0.5, 0.6) is 5.06 Å². The maximum atomic E-state index is 10.7. The average molecular weight is 238 g/mol. The van der Waals surface area contributed by atoms with Gasteiger partial charge in [0.1, 0.15) is 10.7 Å². The summed E-state index contributed by atoms with van der Waals surface area (Å²) in [4.78, 5) is 19.8. The first-order chi connectivity index (χ1) is 7.49. The number of aryl methyl sites for hydroxylation is 2. The Balaban J connectivity index is 2.68. The van der Waals surface area contributed by atoms with Gasteiger partial charge in [-0.15, -0.1) is 0 Å². The number of anilines is 1. The molecule has 2 aromatic rings. The predicted molar refractivity (Wildman–Crippen MR) is 61.5 cm³/mol. The molecule has 2 rings (SSSR count). The van der Waals surface area contributed by atoms with Crippen LogP contribution in [0, 0.1) is 13.8 Å². The Morgan fingerprint density at radius 3 is 2.69 bits per heavy atom. The minimum atomic E-state index is -0.888. The molecule has 0 aromatic carbocycles. The first-order valence-electron chi connectivity index (χ1n) is 4.49. The van der Waals surface area contributed by atoms with Crippen LogP contribution in [-0.2, 0) is 0 Å². The zero-order chi connectivity index (χ0) is 11.9. The Morgan fingerprint density at radius 2 is 2.06 bits per heavy atom. The third kappa shape index (κ3) is 1.65. The number of thiophene rings is 1. The van der Waals surface area contributed by atoms with E-state index in [4.69, 9.17) is 16.2 Å². The van der Waals surface area contributed by atoms with Gasteiger partial charge < -0.3 is 16.2 Å². The average Bonchev–Trinajstić information content (AvgIpc) is 2.41. The molecule has 0 radical (unpaired) electrons. The Kier molecular flexibility index (Phi) is 2.39. The molecule has 0 unspecified atom stereocenters. The van der Waals surface area contributed by atoms with Crippen LogP contribution in [0.25, 0.3) is 10.2 Å². The second-order valence-corrected chi connectivity index (χ2v) is 4.22. The number of nitrogen functional groups attached to an aromatic ring is 1. The maximum absolute atomic E-state index is 10.7. The van der Waals surface area contributed by atoms with Crippen LogP contribution in [0.15, 0.2) is 0 Å². The Labute approximate surface area is 95.2 Å². The SMILES string of the molecule is Cc1nc(C)c2c(N)c(OC(N)=O)sc2n1. The fourth-order valence-electron chi connectivity index (χ4n) is 1.48. The quantitative estimate of drug-likeness (QED) is 0.780. The fraction of sp³-hybridized carbons (Fsp3) is 0.222. The van der Waals surface area contributed by atoms with Gasteiger partial charge in [0.15, 0.2) is 0 Å². The summed E-state index contributed by atoms with van der Waals surface area (Å²) in [6.45, 7) is 3.62. The predicted octanol–water partition coefficient (Wildman–Crippen LogP) is 1.35. The second-order valence-electron chi connectivity index (χ2n) is 3.26. The molecular weight excluding hydrogens is 228 g/mol. The van der Waals surface area contributed by atoms with Crippen LogP contribution < -0.4 is 16.2 Å². The Morgan fingerprint density at radius 1 is 1.38 bits per heavy atom. The lowest BCUT2D eigenvalue weighted by molar-refractivity contribution is 0.212. The molecule has 0 atom stereocenters. The number of nitrogens with two attached hydrogens (primary N) is 2. The van der Waals surface area contributed by atoms with E-state index in [9.17, 15) is 4.79 Å². The summed E-state index contributed by atoms with van der Waals surface area (Å²) < 4.78 is 4.79. The van der Waals surface area contributed by atoms with Crippen molar-refractivity contribution in [3.8, 4) is 5.06 Å². The standard InChI is InChI=1S/C9H10N4O2S/c1-3-5-6(10)8(15-9(11)14)16-7(5)13-4(2)12-3/h10H2,1-2H3,(H2,11,14). The van der Waals surface area contributed by atoms with Gasteiger partial charge in [-0.2, -0.15) is 0 Å². The van der Waals surface area contributed by atoms with Gasteiger partial charge in [0.05, 0.1) is 16.8 Å². The van der Waals surface area contributed by atoms with E-state index in [0.29, 0.717) is 21.7 Å². The summed E-state index contributed by atoms with van der Waals surface area (Å²) in [5, 5.41) is 0.984. The third-order valence-electron chi connectivity index (χ3n) is 2.04. The molecule has 84 valence electrons. The first kappa shape index (κ1) is 10.6. The van der Waals surface area contributed by atoms with Gasteiger partial charge in [-0.05, 0) is 13.8 Å². The first-order valence-corrected chi connectivity index (χ1v) is 5.31. The minimum absolute atomic E-state index is 0.269. The molecule has 0 aliphatic heterocycles. The minimum Gasteiger partial charge on any atom is -0.397 e. The van der Waals surface area contributed by atoms with Crippen LogP contribution in [0.1, 0.15) is 11.5 Å². The molecule has 0 aliphatic rings. The molecule has 0 saturated heterocycles. The molecule has 0 spiro atoms. The van der Waals surface area contributed by atoms with Crippen LogP contribution in [0.3, 0.4) is 0 Å². The van der Waals surface area contributed by atoms with E-state index in [0.717, 1.165) is 5.69 Å².